The molecule has 0 unspecified atom stereocenters. The van der Waals surface area contributed by atoms with Gasteiger partial charge in [-0.25, -0.2) is 0 Å². The lowest BCUT2D eigenvalue weighted by molar-refractivity contribution is 0.0617. The zero-order chi connectivity index (χ0) is 14.0. The third-order valence-corrected chi connectivity index (χ3v) is 3.68. The summed E-state index contributed by atoms with van der Waals surface area (Å²) in [5.74, 6) is 0.790. The molecule has 4 nitrogen and oxygen atoms in total. The van der Waals surface area contributed by atoms with Gasteiger partial charge >= 0.3 is 0 Å². The smallest absolute Gasteiger partial charge is 0.0718 e. The Morgan fingerprint density at radius 2 is 2.10 bits per heavy atom. The third kappa shape index (κ3) is 5.49. The number of rotatable bonds is 8. The van der Waals surface area contributed by atoms with Gasteiger partial charge in [0.2, 0.25) is 0 Å². The maximum absolute atomic E-state index is 5.55. The zero-order valence-electron chi connectivity index (χ0n) is 12.4. The number of anilines is 1. The minimum Gasteiger partial charge on any atom is -0.385 e. The molecule has 1 aromatic rings. The first-order valence-electron chi connectivity index (χ1n) is 7.48. The summed E-state index contributed by atoms with van der Waals surface area (Å²) in [4.78, 5) is 0. The first-order valence-corrected chi connectivity index (χ1v) is 7.48. The second kappa shape index (κ2) is 8.95. The van der Waals surface area contributed by atoms with Gasteiger partial charge in [0, 0.05) is 19.3 Å². The molecule has 0 bridgehead atoms. The van der Waals surface area contributed by atoms with Crippen LogP contribution in [0.3, 0.4) is 0 Å². The van der Waals surface area contributed by atoms with Gasteiger partial charge in [0.05, 0.1) is 19.8 Å². The van der Waals surface area contributed by atoms with Crippen LogP contribution in [-0.2, 0) is 16.1 Å². The molecule has 2 rings (SSSR count). The predicted octanol–water partition coefficient (Wildman–Crippen LogP) is 2.26. The zero-order valence-corrected chi connectivity index (χ0v) is 12.4. The van der Waals surface area contributed by atoms with Crippen molar-refractivity contribution in [2.75, 3.05) is 45.3 Å². The second-order valence-corrected chi connectivity index (χ2v) is 5.32. The summed E-state index contributed by atoms with van der Waals surface area (Å²) in [5, 5.41) is 6.95. The minimum atomic E-state index is 0.642. The van der Waals surface area contributed by atoms with Crippen LogP contribution in [-0.4, -0.2) is 40.0 Å². The van der Waals surface area contributed by atoms with E-state index >= 15 is 0 Å². The lowest BCUT2D eigenvalue weighted by atomic mass is 9.98. The van der Waals surface area contributed by atoms with Crippen LogP contribution in [0.25, 0.3) is 0 Å². The van der Waals surface area contributed by atoms with E-state index in [1.165, 1.54) is 24.1 Å². The van der Waals surface area contributed by atoms with Crippen molar-refractivity contribution < 1.29 is 9.47 Å². The second-order valence-electron chi connectivity index (χ2n) is 5.32. The molecule has 1 aromatic carbocycles. The van der Waals surface area contributed by atoms with Crippen molar-refractivity contribution in [3.63, 3.8) is 0 Å². The SMILES string of the molecule is COCCOCc1cccc(NCC2CCNCC2)c1. The Balaban J connectivity index is 1.73. The highest BCUT2D eigenvalue weighted by molar-refractivity contribution is 5.45. The lowest BCUT2D eigenvalue weighted by Crippen LogP contribution is -2.31. The Kier molecular flexibility index (Phi) is 6.84. The van der Waals surface area contributed by atoms with Crippen molar-refractivity contribution in [2.45, 2.75) is 19.4 Å². The predicted molar refractivity (Wildman–Crippen MR) is 82.1 cm³/mol. The first kappa shape index (κ1) is 15.3. The van der Waals surface area contributed by atoms with Gasteiger partial charge in [0.15, 0.2) is 0 Å². The molecule has 0 spiro atoms. The van der Waals surface area contributed by atoms with E-state index in [4.69, 9.17) is 9.47 Å². The van der Waals surface area contributed by atoms with Crippen LogP contribution >= 0.6 is 0 Å². The maximum Gasteiger partial charge on any atom is 0.0718 e. The Morgan fingerprint density at radius 1 is 1.25 bits per heavy atom. The average molecular weight is 278 g/mol. The van der Waals surface area contributed by atoms with Crippen molar-refractivity contribution in [1.82, 2.24) is 5.32 Å². The van der Waals surface area contributed by atoms with Crippen LogP contribution in [0.15, 0.2) is 24.3 Å². The van der Waals surface area contributed by atoms with Gasteiger partial charge in [-0.1, -0.05) is 12.1 Å². The average Bonchev–Trinajstić information content (AvgIpc) is 2.51. The number of piperidine rings is 1. The van der Waals surface area contributed by atoms with Crippen LogP contribution < -0.4 is 10.6 Å². The van der Waals surface area contributed by atoms with Gasteiger partial charge in [-0.15, -0.1) is 0 Å². The third-order valence-electron chi connectivity index (χ3n) is 3.68. The van der Waals surface area contributed by atoms with Gasteiger partial charge in [-0.05, 0) is 49.5 Å². The standard InChI is InChI=1S/C16H26N2O2/c1-19-9-10-20-13-15-3-2-4-16(11-15)18-12-14-5-7-17-8-6-14/h2-4,11,14,17-18H,5-10,12-13H2,1H3. The number of benzene rings is 1. The van der Waals surface area contributed by atoms with E-state index in [2.05, 4.69) is 34.9 Å². The number of hydrogen-bond acceptors (Lipinski definition) is 4. The van der Waals surface area contributed by atoms with E-state index in [-0.39, 0.29) is 0 Å². The lowest BCUT2D eigenvalue weighted by Gasteiger charge is -2.23. The maximum atomic E-state index is 5.55. The largest absolute Gasteiger partial charge is 0.385 e. The van der Waals surface area contributed by atoms with Gasteiger partial charge in [0.1, 0.15) is 0 Å². The number of ether oxygens (including phenoxy) is 2. The molecule has 112 valence electrons. The molecule has 0 aromatic heterocycles. The van der Waals surface area contributed by atoms with Crippen molar-refractivity contribution in [3.05, 3.63) is 29.8 Å². The highest BCUT2D eigenvalue weighted by atomic mass is 16.5. The van der Waals surface area contributed by atoms with Crippen molar-refractivity contribution in [2.24, 2.45) is 5.92 Å². The summed E-state index contributed by atoms with van der Waals surface area (Å²) in [7, 11) is 1.69. The topological polar surface area (TPSA) is 42.5 Å². The normalized spacial score (nSPS) is 16.2. The molecule has 1 fully saturated rings. The van der Waals surface area contributed by atoms with Crippen LogP contribution in [0.5, 0.6) is 0 Å². The fraction of sp³-hybridized carbons (Fsp3) is 0.625. The van der Waals surface area contributed by atoms with Gasteiger partial charge in [0.25, 0.3) is 0 Å². The Labute approximate surface area is 121 Å². The summed E-state index contributed by atoms with van der Waals surface area (Å²) in [6, 6.07) is 8.48. The molecule has 1 aliphatic heterocycles. The van der Waals surface area contributed by atoms with Gasteiger partial charge in [-0.3, -0.25) is 0 Å². The monoisotopic (exact) mass is 278 g/mol. The van der Waals surface area contributed by atoms with Gasteiger partial charge in [-0.2, -0.15) is 0 Å². The molecule has 0 saturated carbocycles. The summed E-state index contributed by atoms with van der Waals surface area (Å²) >= 11 is 0. The minimum absolute atomic E-state index is 0.642. The molecule has 20 heavy (non-hydrogen) atoms. The molecule has 0 aliphatic carbocycles. The fourth-order valence-electron chi connectivity index (χ4n) is 2.45. The highest BCUT2D eigenvalue weighted by Gasteiger charge is 2.12. The van der Waals surface area contributed by atoms with Crippen LogP contribution in [0, 0.1) is 5.92 Å². The van der Waals surface area contributed by atoms with Crippen molar-refractivity contribution in [1.29, 1.82) is 0 Å². The number of nitrogens with one attached hydrogen (secondary N) is 2. The van der Waals surface area contributed by atoms with Crippen LogP contribution in [0.4, 0.5) is 5.69 Å². The molecule has 1 saturated heterocycles. The quantitative estimate of drug-likeness (QED) is 0.716. The van der Waals surface area contributed by atoms with E-state index in [9.17, 15) is 0 Å². The molecular weight excluding hydrogens is 252 g/mol. The van der Waals surface area contributed by atoms with E-state index in [1.807, 2.05) is 0 Å². The van der Waals surface area contributed by atoms with Crippen molar-refractivity contribution >= 4 is 5.69 Å². The van der Waals surface area contributed by atoms with E-state index in [0.717, 1.165) is 25.6 Å². The van der Waals surface area contributed by atoms with Crippen LogP contribution in [0.2, 0.25) is 0 Å². The fourth-order valence-corrected chi connectivity index (χ4v) is 2.45. The van der Waals surface area contributed by atoms with Gasteiger partial charge < -0.3 is 20.1 Å². The Hall–Kier alpha value is -1.10. The molecule has 0 radical (unpaired) electrons. The molecule has 4 heteroatoms. The summed E-state index contributed by atoms with van der Waals surface area (Å²) in [5.41, 5.74) is 2.40. The Bertz CT molecular complexity index is 378. The molecule has 1 heterocycles. The van der Waals surface area contributed by atoms with E-state index < -0.39 is 0 Å². The summed E-state index contributed by atoms with van der Waals surface area (Å²) in [6.45, 7) is 5.30. The number of methoxy groups -OCH3 is 1. The molecular formula is C16H26N2O2. The number of hydrogen-bond donors (Lipinski definition) is 2. The summed E-state index contributed by atoms with van der Waals surface area (Å²) < 4.78 is 10.5. The first-order chi connectivity index (χ1) is 9.88. The molecule has 2 N–H and O–H groups in total. The van der Waals surface area contributed by atoms with E-state index in [0.29, 0.717) is 19.8 Å². The highest BCUT2D eigenvalue weighted by Crippen LogP contribution is 2.15. The van der Waals surface area contributed by atoms with E-state index in [1.54, 1.807) is 7.11 Å². The Morgan fingerprint density at radius 3 is 2.90 bits per heavy atom. The molecule has 0 atom stereocenters. The molecule has 0 amide bonds. The van der Waals surface area contributed by atoms with Crippen LogP contribution in [0.1, 0.15) is 18.4 Å². The van der Waals surface area contributed by atoms with Crippen molar-refractivity contribution in [3.8, 4) is 0 Å². The molecule has 1 aliphatic rings. The summed E-state index contributed by atoms with van der Waals surface area (Å²) in [6.07, 6.45) is 2.54.